The molecule has 3 rings (SSSR count). The lowest BCUT2D eigenvalue weighted by Crippen LogP contribution is -2.18. The minimum absolute atomic E-state index is 0.319. The van der Waals surface area contributed by atoms with Gasteiger partial charge in [0.25, 0.3) is 0 Å². The summed E-state index contributed by atoms with van der Waals surface area (Å²) in [4.78, 5) is 6.52. The smallest absolute Gasteiger partial charge is 0.151 e. The van der Waals surface area contributed by atoms with Crippen molar-refractivity contribution < 1.29 is 0 Å². The van der Waals surface area contributed by atoms with Crippen LogP contribution in [0.15, 0.2) is 42.6 Å². The first kappa shape index (κ1) is 13.9. The van der Waals surface area contributed by atoms with Crippen LogP contribution in [0.1, 0.15) is 23.6 Å². The number of hydrogen-bond donors (Lipinski definition) is 2. The number of hydrogen-bond acceptors (Lipinski definition) is 4. The summed E-state index contributed by atoms with van der Waals surface area (Å²) in [5.74, 6) is 0.979. The van der Waals surface area contributed by atoms with Crippen molar-refractivity contribution in [2.75, 3.05) is 30.9 Å². The molecule has 2 aromatic rings. The zero-order valence-electron chi connectivity index (χ0n) is 12.6. The average molecular weight is 282 g/mol. The van der Waals surface area contributed by atoms with E-state index in [1.54, 1.807) is 0 Å². The number of nitrogens with one attached hydrogen (secondary N) is 2. The number of nitrogens with zero attached hydrogens (tertiary/aromatic N) is 2. The first-order valence-electron chi connectivity index (χ1n) is 7.43. The van der Waals surface area contributed by atoms with Crippen LogP contribution in [0.2, 0.25) is 0 Å². The minimum atomic E-state index is 0.319. The van der Waals surface area contributed by atoms with E-state index >= 15 is 0 Å². The molecule has 2 N–H and O–H groups in total. The van der Waals surface area contributed by atoms with Crippen molar-refractivity contribution >= 4 is 11.5 Å². The quantitative estimate of drug-likeness (QED) is 0.908. The maximum absolute atomic E-state index is 4.47. The van der Waals surface area contributed by atoms with Gasteiger partial charge in [0.1, 0.15) is 0 Å². The predicted octanol–water partition coefficient (Wildman–Crippen LogP) is 2.79. The molecule has 0 fully saturated rings. The van der Waals surface area contributed by atoms with Gasteiger partial charge < -0.3 is 15.5 Å². The van der Waals surface area contributed by atoms with Crippen molar-refractivity contribution in [3.05, 3.63) is 53.7 Å². The molecular weight excluding hydrogens is 260 g/mol. The van der Waals surface area contributed by atoms with Crippen molar-refractivity contribution in [2.45, 2.75) is 19.0 Å². The fraction of sp³-hybridized carbons (Fsp3) is 0.353. The summed E-state index contributed by atoms with van der Waals surface area (Å²) in [7, 11) is 4.05. The fourth-order valence-electron chi connectivity index (χ4n) is 2.86. The molecule has 1 aliphatic rings. The first-order chi connectivity index (χ1) is 10.3. The highest BCUT2D eigenvalue weighted by molar-refractivity contribution is 5.65. The molecule has 1 aromatic carbocycles. The van der Waals surface area contributed by atoms with Crippen LogP contribution in [0.3, 0.4) is 0 Å². The number of benzene rings is 1. The van der Waals surface area contributed by atoms with Crippen LogP contribution in [0, 0.1) is 0 Å². The molecule has 1 atom stereocenters. The van der Waals surface area contributed by atoms with Crippen LogP contribution in [-0.4, -0.2) is 25.6 Å². The van der Waals surface area contributed by atoms with Crippen LogP contribution in [0.5, 0.6) is 0 Å². The predicted molar refractivity (Wildman–Crippen MR) is 87.7 cm³/mol. The van der Waals surface area contributed by atoms with Crippen LogP contribution < -0.4 is 15.5 Å². The molecule has 0 saturated carbocycles. The molecule has 4 nitrogen and oxygen atoms in total. The number of pyridine rings is 1. The first-order valence-corrected chi connectivity index (χ1v) is 7.43. The molecule has 2 heterocycles. The number of rotatable bonds is 3. The Labute approximate surface area is 126 Å². The van der Waals surface area contributed by atoms with Gasteiger partial charge in [-0.05, 0) is 36.2 Å². The lowest BCUT2D eigenvalue weighted by atomic mass is 9.99. The van der Waals surface area contributed by atoms with Crippen LogP contribution in [0.25, 0.3) is 0 Å². The van der Waals surface area contributed by atoms with Gasteiger partial charge in [0.05, 0.1) is 11.7 Å². The van der Waals surface area contributed by atoms with E-state index in [0.29, 0.717) is 6.04 Å². The van der Waals surface area contributed by atoms with Gasteiger partial charge in [0.2, 0.25) is 0 Å². The van der Waals surface area contributed by atoms with Gasteiger partial charge in [-0.2, -0.15) is 0 Å². The maximum atomic E-state index is 4.47. The second kappa shape index (κ2) is 6.14. The highest BCUT2D eigenvalue weighted by Crippen LogP contribution is 2.30. The topological polar surface area (TPSA) is 40.2 Å². The number of aromatic nitrogens is 1. The third kappa shape index (κ3) is 3.00. The molecule has 1 aromatic heterocycles. The standard InChI is InChI=1S/C17H22N4/c1-21(2)17-16(8-5-10-19-17)20-15-9-11-18-12-13-6-3-4-7-14(13)15/h3-8,10,15,18,20H,9,11-12H2,1-2H3. The monoisotopic (exact) mass is 282 g/mol. The molecule has 0 amide bonds. The molecule has 0 radical (unpaired) electrons. The normalized spacial score (nSPS) is 17.7. The highest BCUT2D eigenvalue weighted by Gasteiger charge is 2.19. The van der Waals surface area contributed by atoms with Crippen LogP contribution in [0.4, 0.5) is 11.5 Å². The molecule has 4 heteroatoms. The second-order valence-corrected chi connectivity index (χ2v) is 5.63. The average Bonchev–Trinajstić information content (AvgIpc) is 2.70. The van der Waals surface area contributed by atoms with E-state index in [2.05, 4.69) is 45.9 Å². The van der Waals surface area contributed by atoms with Gasteiger partial charge in [-0.25, -0.2) is 4.98 Å². The highest BCUT2D eigenvalue weighted by atomic mass is 15.2. The van der Waals surface area contributed by atoms with E-state index in [1.165, 1.54) is 11.1 Å². The van der Waals surface area contributed by atoms with Gasteiger partial charge in [0, 0.05) is 26.8 Å². The minimum Gasteiger partial charge on any atom is -0.375 e. The summed E-state index contributed by atoms with van der Waals surface area (Å²) >= 11 is 0. The Kier molecular flexibility index (Phi) is 4.06. The van der Waals surface area contributed by atoms with E-state index in [1.807, 2.05) is 31.3 Å². The summed E-state index contributed by atoms with van der Waals surface area (Å²) in [6, 6.07) is 13.1. The van der Waals surface area contributed by atoms with Crippen LogP contribution in [-0.2, 0) is 6.54 Å². The van der Waals surface area contributed by atoms with Gasteiger partial charge in [-0.3, -0.25) is 0 Å². The van der Waals surface area contributed by atoms with Gasteiger partial charge in [0.15, 0.2) is 5.82 Å². The molecule has 21 heavy (non-hydrogen) atoms. The Morgan fingerprint density at radius 3 is 2.90 bits per heavy atom. The van der Waals surface area contributed by atoms with E-state index < -0.39 is 0 Å². The van der Waals surface area contributed by atoms with E-state index in [9.17, 15) is 0 Å². The van der Waals surface area contributed by atoms with E-state index in [0.717, 1.165) is 31.0 Å². The molecule has 110 valence electrons. The van der Waals surface area contributed by atoms with Gasteiger partial charge >= 0.3 is 0 Å². The molecule has 0 aliphatic carbocycles. The third-order valence-electron chi connectivity index (χ3n) is 3.90. The van der Waals surface area contributed by atoms with Gasteiger partial charge in [-0.1, -0.05) is 24.3 Å². The lowest BCUT2D eigenvalue weighted by molar-refractivity contribution is 0.637. The van der Waals surface area contributed by atoms with Crippen molar-refractivity contribution in [2.24, 2.45) is 0 Å². The van der Waals surface area contributed by atoms with E-state index in [4.69, 9.17) is 0 Å². The number of anilines is 2. The molecular formula is C17H22N4. The summed E-state index contributed by atoms with van der Waals surface area (Å²) < 4.78 is 0. The summed E-state index contributed by atoms with van der Waals surface area (Å²) in [6.45, 7) is 1.96. The Balaban J connectivity index is 1.91. The second-order valence-electron chi connectivity index (χ2n) is 5.63. The van der Waals surface area contributed by atoms with Crippen molar-refractivity contribution in [1.29, 1.82) is 0 Å². The van der Waals surface area contributed by atoms with Crippen LogP contribution >= 0.6 is 0 Å². The molecule has 0 spiro atoms. The Bertz CT molecular complexity index is 609. The third-order valence-corrected chi connectivity index (χ3v) is 3.90. The fourth-order valence-corrected chi connectivity index (χ4v) is 2.86. The van der Waals surface area contributed by atoms with Crippen molar-refractivity contribution in [3.8, 4) is 0 Å². The Morgan fingerprint density at radius 2 is 2.05 bits per heavy atom. The number of fused-ring (bicyclic) bond motifs is 1. The molecule has 0 bridgehead atoms. The Hall–Kier alpha value is -2.07. The summed E-state index contributed by atoms with van der Waals surface area (Å²) in [6.07, 6.45) is 2.90. The molecule has 0 saturated heterocycles. The Morgan fingerprint density at radius 1 is 1.19 bits per heavy atom. The van der Waals surface area contributed by atoms with Gasteiger partial charge in [-0.15, -0.1) is 0 Å². The lowest BCUT2D eigenvalue weighted by Gasteiger charge is -2.23. The van der Waals surface area contributed by atoms with Crippen molar-refractivity contribution in [3.63, 3.8) is 0 Å². The van der Waals surface area contributed by atoms with E-state index in [-0.39, 0.29) is 0 Å². The molecule has 1 aliphatic heterocycles. The SMILES string of the molecule is CN(C)c1ncccc1NC1CCNCc2ccccc21. The maximum Gasteiger partial charge on any atom is 0.151 e. The van der Waals surface area contributed by atoms with Crippen molar-refractivity contribution in [1.82, 2.24) is 10.3 Å². The molecule has 1 unspecified atom stereocenters. The largest absolute Gasteiger partial charge is 0.375 e. The summed E-state index contributed by atoms with van der Waals surface area (Å²) in [5, 5.41) is 7.17. The zero-order valence-corrected chi connectivity index (χ0v) is 12.6. The summed E-state index contributed by atoms with van der Waals surface area (Å²) in [5.41, 5.74) is 3.85. The zero-order chi connectivity index (χ0) is 14.7.